The summed E-state index contributed by atoms with van der Waals surface area (Å²) < 4.78 is 5.51. The predicted molar refractivity (Wildman–Crippen MR) is 104 cm³/mol. The van der Waals surface area contributed by atoms with E-state index in [-0.39, 0.29) is 11.3 Å². The van der Waals surface area contributed by atoms with Crippen LogP contribution in [0.4, 0.5) is 0 Å². The number of aryl methyl sites for hydroxylation is 1. The van der Waals surface area contributed by atoms with Crippen molar-refractivity contribution in [3.05, 3.63) is 29.3 Å². The Balaban J connectivity index is 1.51. The molecule has 1 atom stereocenters. The summed E-state index contributed by atoms with van der Waals surface area (Å²) in [5.41, 5.74) is 1.69. The van der Waals surface area contributed by atoms with Crippen molar-refractivity contribution < 1.29 is 14.3 Å². The fraction of sp³-hybridized carbons (Fsp3) is 0.636. The molecule has 1 aliphatic carbocycles. The highest BCUT2D eigenvalue weighted by Crippen LogP contribution is 2.41. The molecule has 3 aliphatic rings. The summed E-state index contributed by atoms with van der Waals surface area (Å²) in [6, 6.07) is 5.75. The Kier molecular flexibility index (Phi) is 4.87. The van der Waals surface area contributed by atoms with Crippen LogP contribution < -0.4 is 4.74 Å². The smallest absolute Gasteiger partial charge is 0.257 e. The summed E-state index contributed by atoms with van der Waals surface area (Å²) in [4.78, 5) is 29.7. The maximum Gasteiger partial charge on any atom is 0.257 e. The SMILES string of the molecule is COc1c(C)cccc1C(=O)N1CCCC2(CCC(=O)N(CC3CC3)C2)C1. The van der Waals surface area contributed by atoms with Gasteiger partial charge in [-0.2, -0.15) is 0 Å². The van der Waals surface area contributed by atoms with Crippen molar-refractivity contribution in [2.45, 2.75) is 45.4 Å². The first-order valence-corrected chi connectivity index (χ1v) is 10.2. The molecule has 2 aliphatic heterocycles. The molecule has 1 aromatic rings. The number of amides is 2. The van der Waals surface area contributed by atoms with Crippen molar-refractivity contribution in [3.63, 3.8) is 0 Å². The van der Waals surface area contributed by atoms with Crippen molar-refractivity contribution in [1.29, 1.82) is 0 Å². The lowest BCUT2D eigenvalue weighted by atomic mass is 9.73. The van der Waals surface area contributed by atoms with Gasteiger partial charge in [0.1, 0.15) is 5.75 Å². The van der Waals surface area contributed by atoms with E-state index in [9.17, 15) is 9.59 Å². The molecule has 0 bridgehead atoms. The van der Waals surface area contributed by atoms with Crippen molar-refractivity contribution >= 4 is 11.8 Å². The molecule has 2 heterocycles. The summed E-state index contributed by atoms with van der Waals surface area (Å²) >= 11 is 0. The van der Waals surface area contributed by atoms with Gasteiger partial charge in [-0.15, -0.1) is 0 Å². The molecule has 2 saturated heterocycles. The van der Waals surface area contributed by atoms with E-state index in [0.29, 0.717) is 29.6 Å². The fourth-order valence-corrected chi connectivity index (χ4v) is 4.86. The second-order valence-electron chi connectivity index (χ2n) is 8.70. The van der Waals surface area contributed by atoms with Gasteiger partial charge in [0.05, 0.1) is 12.7 Å². The Bertz CT molecular complexity index is 743. The molecule has 27 heavy (non-hydrogen) atoms. The van der Waals surface area contributed by atoms with Gasteiger partial charge in [-0.05, 0) is 56.6 Å². The molecular weight excluding hydrogens is 340 g/mol. The number of benzene rings is 1. The highest BCUT2D eigenvalue weighted by atomic mass is 16.5. The lowest BCUT2D eigenvalue weighted by Gasteiger charge is -2.48. The van der Waals surface area contributed by atoms with E-state index >= 15 is 0 Å². The average Bonchev–Trinajstić information content (AvgIpc) is 3.48. The minimum absolute atomic E-state index is 0.0558. The van der Waals surface area contributed by atoms with Crippen LogP contribution in [0.5, 0.6) is 5.75 Å². The zero-order chi connectivity index (χ0) is 19.0. The first kappa shape index (κ1) is 18.3. The van der Waals surface area contributed by atoms with Crippen LogP contribution in [0, 0.1) is 18.3 Å². The normalized spacial score (nSPS) is 25.8. The first-order chi connectivity index (χ1) is 13.0. The number of para-hydroxylation sites is 1. The number of carbonyl (C=O) groups is 2. The topological polar surface area (TPSA) is 49.9 Å². The molecule has 0 radical (unpaired) electrons. The third-order valence-electron chi connectivity index (χ3n) is 6.52. The van der Waals surface area contributed by atoms with E-state index in [4.69, 9.17) is 4.74 Å². The zero-order valence-corrected chi connectivity index (χ0v) is 16.5. The number of likely N-dealkylation sites (tertiary alicyclic amines) is 2. The number of ether oxygens (including phenoxy) is 1. The molecule has 2 amide bonds. The average molecular weight is 370 g/mol. The summed E-state index contributed by atoms with van der Waals surface area (Å²) in [6.45, 7) is 5.23. The molecule has 146 valence electrons. The number of hydrogen-bond acceptors (Lipinski definition) is 3. The van der Waals surface area contributed by atoms with Gasteiger partial charge in [0.2, 0.25) is 5.91 Å². The molecule has 1 saturated carbocycles. The standard InChI is InChI=1S/C22H30N2O3/c1-16-5-3-6-18(20(16)27-2)21(26)23-12-4-10-22(14-23)11-9-19(25)24(15-22)13-17-7-8-17/h3,5-6,17H,4,7-15H2,1-2H3. The van der Waals surface area contributed by atoms with Crippen LogP contribution in [0.3, 0.4) is 0 Å². The zero-order valence-electron chi connectivity index (χ0n) is 16.5. The minimum Gasteiger partial charge on any atom is -0.496 e. The summed E-state index contributed by atoms with van der Waals surface area (Å²) in [5.74, 6) is 1.75. The fourth-order valence-electron chi connectivity index (χ4n) is 4.86. The molecule has 0 N–H and O–H groups in total. The Morgan fingerprint density at radius 1 is 1.26 bits per heavy atom. The first-order valence-electron chi connectivity index (χ1n) is 10.2. The monoisotopic (exact) mass is 370 g/mol. The van der Waals surface area contributed by atoms with Crippen LogP contribution >= 0.6 is 0 Å². The lowest BCUT2D eigenvalue weighted by Crippen LogP contribution is -2.55. The van der Waals surface area contributed by atoms with Crippen LogP contribution in [0.25, 0.3) is 0 Å². The van der Waals surface area contributed by atoms with E-state index in [1.807, 2.05) is 30.0 Å². The number of rotatable bonds is 4. The quantitative estimate of drug-likeness (QED) is 0.817. The van der Waals surface area contributed by atoms with E-state index in [1.165, 1.54) is 12.8 Å². The van der Waals surface area contributed by atoms with Crippen LogP contribution in [0.15, 0.2) is 18.2 Å². The van der Waals surface area contributed by atoms with Crippen molar-refractivity contribution in [2.75, 3.05) is 33.3 Å². The van der Waals surface area contributed by atoms with E-state index in [1.54, 1.807) is 7.11 Å². The number of carbonyl (C=O) groups excluding carboxylic acids is 2. The van der Waals surface area contributed by atoms with Crippen LogP contribution in [-0.2, 0) is 4.79 Å². The molecule has 3 fully saturated rings. The van der Waals surface area contributed by atoms with Crippen molar-refractivity contribution in [3.8, 4) is 5.75 Å². The Hall–Kier alpha value is -2.04. The van der Waals surface area contributed by atoms with E-state index in [0.717, 1.165) is 51.0 Å². The van der Waals surface area contributed by atoms with Crippen molar-refractivity contribution in [2.24, 2.45) is 11.3 Å². The summed E-state index contributed by atoms with van der Waals surface area (Å²) in [6.07, 6.45) is 6.16. The van der Waals surface area contributed by atoms with Gasteiger partial charge in [-0.25, -0.2) is 0 Å². The van der Waals surface area contributed by atoms with Gasteiger partial charge < -0.3 is 14.5 Å². The maximum atomic E-state index is 13.3. The number of methoxy groups -OCH3 is 1. The van der Waals surface area contributed by atoms with E-state index < -0.39 is 0 Å². The Labute approximate surface area is 161 Å². The van der Waals surface area contributed by atoms with E-state index in [2.05, 4.69) is 4.90 Å². The molecule has 0 aromatic heterocycles. The third kappa shape index (κ3) is 3.69. The molecule has 1 aromatic carbocycles. The molecule has 1 spiro atoms. The highest BCUT2D eigenvalue weighted by Gasteiger charge is 2.44. The number of nitrogens with zero attached hydrogens (tertiary/aromatic N) is 2. The van der Waals surface area contributed by atoms with Gasteiger partial charge in [-0.3, -0.25) is 9.59 Å². The molecule has 5 heteroatoms. The predicted octanol–water partition coefficient (Wildman–Crippen LogP) is 3.26. The lowest BCUT2D eigenvalue weighted by molar-refractivity contribution is -0.139. The van der Waals surface area contributed by atoms with Gasteiger partial charge in [0, 0.05) is 38.0 Å². The highest BCUT2D eigenvalue weighted by molar-refractivity contribution is 5.97. The van der Waals surface area contributed by atoms with Crippen LogP contribution in [-0.4, -0.2) is 54.9 Å². The summed E-state index contributed by atoms with van der Waals surface area (Å²) in [7, 11) is 1.62. The Morgan fingerprint density at radius 2 is 2.07 bits per heavy atom. The van der Waals surface area contributed by atoms with Gasteiger partial charge in [0.15, 0.2) is 0 Å². The summed E-state index contributed by atoms with van der Waals surface area (Å²) in [5, 5.41) is 0. The van der Waals surface area contributed by atoms with Gasteiger partial charge in [-0.1, -0.05) is 12.1 Å². The Morgan fingerprint density at radius 3 is 2.81 bits per heavy atom. The number of hydrogen-bond donors (Lipinski definition) is 0. The largest absolute Gasteiger partial charge is 0.496 e. The molecular formula is C22H30N2O3. The molecule has 4 rings (SSSR count). The van der Waals surface area contributed by atoms with Gasteiger partial charge in [0.25, 0.3) is 5.91 Å². The van der Waals surface area contributed by atoms with Crippen molar-refractivity contribution in [1.82, 2.24) is 9.80 Å². The van der Waals surface area contributed by atoms with Crippen LogP contribution in [0.1, 0.15) is 54.4 Å². The molecule has 1 unspecified atom stereocenters. The number of piperidine rings is 2. The minimum atomic E-state index is 0.0558. The second kappa shape index (κ2) is 7.17. The second-order valence-corrected chi connectivity index (χ2v) is 8.70. The molecule has 5 nitrogen and oxygen atoms in total. The third-order valence-corrected chi connectivity index (χ3v) is 6.52. The maximum absolute atomic E-state index is 13.3. The van der Waals surface area contributed by atoms with Gasteiger partial charge >= 0.3 is 0 Å². The van der Waals surface area contributed by atoms with Crippen LogP contribution in [0.2, 0.25) is 0 Å².